The number of aryl methyl sites for hydroxylation is 1. The first-order valence-corrected chi connectivity index (χ1v) is 8.10. The normalized spacial score (nSPS) is 15.5. The van der Waals surface area contributed by atoms with Crippen LogP contribution in [0.15, 0.2) is 30.6 Å². The third-order valence-corrected chi connectivity index (χ3v) is 4.36. The molecular formula is C16H18ClN5O2. The van der Waals surface area contributed by atoms with Crippen LogP contribution in [-0.4, -0.2) is 46.0 Å². The van der Waals surface area contributed by atoms with Crippen molar-refractivity contribution in [2.75, 3.05) is 31.1 Å². The van der Waals surface area contributed by atoms with Crippen molar-refractivity contribution in [1.82, 2.24) is 14.9 Å². The summed E-state index contributed by atoms with van der Waals surface area (Å²) in [6, 6.07) is 5.42. The van der Waals surface area contributed by atoms with Crippen molar-refractivity contribution in [3.63, 3.8) is 0 Å². The molecule has 8 heteroatoms. The summed E-state index contributed by atoms with van der Waals surface area (Å²) in [6.07, 6.45) is 3.27. The van der Waals surface area contributed by atoms with Crippen molar-refractivity contribution in [3.05, 3.63) is 57.0 Å². The largest absolute Gasteiger partial charge is 0.348 e. The Morgan fingerprint density at radius 3 is 2.58 bits per heavy atom. The number of nitrogens with zero attached hydrogens (tertiary/aromatic N) is 5. The van der Waals surface area contributed by atoms with E-state index in [4.69, 9.17) is 11.6 Å². The van der Waals surface area contributed by atoms with Gasteiger partial charge in [-0.05, 0) is 25.1 Å². The number of pyridine rings is 2. The zero-order valence-electron chi connectivity index (χ0n) is 13.4. The molecule has 0 bridgehead atoms. The van der Waals surface area contributed by atoms with Crippen LogP contribution in [0.1, 0.15) is 11.3 Å². The van der Waals surface area contributed by atoms with Crippen molar-refractivity contribution >= 4 is 23.1 Å². The van der Waals surface area contributed by atoms with E-state index in [-0.39, 0.29) is 10.6 Å². The van der Waals surface area contributed by atoms with Crippen LogP contribution >= 0.6 is 11.6 Å². The van der Waals surface area contributed by atoms with E-state index in [0.717, 1.165) is 25.3 Å². The topological polar surface area (TPSA) is 75.4 Å². The van der Waals surface area contributed by atoms with Crippen LogP contribution in [0, 0.1) is 17.0 Å². The van der Waals surface area contributed by atoms with E-state index in [1.807, 2.05) is 17.0 Å². The highest BCUT2D eigenvalue weighted by atomic mass is 35.5. The molecule has 0 spiro atoms. The van der Waals surface area contributed by atoms with Gasteiger partial charge in [0.2, 0.25) is 5.82 Å². The molecule has 1 aliphatic heterocycles. The fraction of sp³-hybridized carbons (Fsp3) is 0.375. The van der Waals surface area contributed by atoms with Crippen LogP contribution in [0.2, 0.25) is 5.02 Å². The highest BCUT2D eigenvalue weighted by molar-refractivity contribution is 6.30. The number of anilines is 1. The monoisotopic (exact) mass is 347 g/mol. The van der Waals surface area contributed by atoms with Gasteiger partial charge in [-0.2, -0.15) is 0 Å². The first kappa shape index (κ1) is 16.6. The molecule has 2 aromatic heterocycles. The minimum atomic E-state index is -0.346. The number of aromatic nitrogens is 2. The molecule has 0 aromatic carbocycles. The van der Waals surface area contributed by atoms with Crippen LogP contribution in [-0.2, 0) is 6.54 Å². The Bertz CT molecular complexity index is 730. The first-order valence-electron chi connectivity index (χ1n) is 7.72. The highest BCUT2D eigenvalue weighted by Gasteiger charge is 2.26. The third-order valence-electron chi connectivity index (χ3n) is 4.14. The molecule has 0 N–H and O–H groups in total. The van der Waals surface area contributed by atoms with Gasteiger partial charge in [0.05, 0.1) is 15.6 Å². The number of nitro groups is 1. The van der Waals surface area contributed by atoms with Crippen molar-refractivity contribution in [2.45, 2.75) is 13.5 Å². The molecule has 0 atom stereocenters. The average molecular weight is 348 g/mol. The lowest BCUT2D eigenvalue weighted by molar-refractivity contribution is -0.384. The Labute approximate surface area is 145 Å². The van der Waals surface area contributed by atoms with E-state index >= 15 is 0 Å². The minimum Gasteiger partial charge on any atom is -0.348 e. The molecule has 0 amide bonds. The van der Waals surface area contributed by atoms with Gasteiger partial charge in [-0.1, -0.05) is 11.6 Å². The predicted molar refractivity (Wildman–Crippen MR) is 92.4 cm³/mol. The van der Waals surface area contributed by atoms with Crippen molar-refractivity contribution in [3.8, 4) is 0 Å². The second-order valence-electron chi connectivity index (χ2n) is 5.79. The summed E-state index contributed by atoms with van der Waals surface area (Å²) < 4.78 is 0. The quantitative estimate of drug-likeness (QED) is 0.625. The SMILES string of the molecule is Cc1ccnc(N2CCN(Cc3ccc(Cl)cn3)CC2)c1[N+](=O)[O-]. The van der Waals surface area contributed by atoms with Gasteiger partial charge in [0.1, 0.15) is 0 Å². The number of rotatable bonds is 4. The van der Waals surface area contributed by atoms with Crippen LogP contribution in [0.5, 0.6) is 0 Å². The molecule has 2 aromatic rings. The molecule has 0 radical (unpaired) electrons. The highest BCUT2D eigenvalue weighted by Crippen LogP contribution is 2.29. The van der Waals surface area contributed by atoms with E-state index in [0.29, 0.717) is 29.5 Å². The average Bonchev–Trinajstić information content (AvgIpc) is 2.57. The van der Waals surface area contributed by atoms with Gasteiger partial charge in [-0.15, -0.1) is 0 Å². The second kappa shape index (κ2) is 7.11. The summed E-state index contributed by atoms with van der Waals surface area (Å²) in [5.41, 5.74) is 1.70. The molecule has 3 rings (SSSR count). The van der Waals surface area contributed by atoms with Gasteiger partial charge in [0.15, 0.2) is 0 Å². The Kier molecular flexibility index (Phi) is 4.92. The molecule has 0 saturated carbocycles. The number of piperazine rings is 1. The first-order chi connectivity index (χ1) is 11.5. The fourth-order valence-electron chi connectivity index (χ4n) is 2.84. The number of hydrogen-bond donors (Lipinski definition) is 0. The molecule has 7 nitrogen and oxygen atoms in total. The Morgan fingerprint density at radius 1 is 1.21 bits per heavy atom. The van der Waals surface area contributed by atoms with Gasteiger partial charge in [-0.3, -0.25) is 20.0 Å². The lowest BCUT2D eigenvalue weighted by atomic mass is 10.2. The summed E-state index contributed by atoms with van der Waals surface area (Å²) in [4.78, 5) is 23.8. The Balaban J connectivity index is 1.66. The maximum atomic E-state index is 11.3. The Morgan fingerprint density at radius 2 is 1.96 bits per heavy atom. The minimum absolute atomic E-state index is 0.102. The van der Waals surface area contributed by atoms with Crippen LogP contribution in [0.3, 0.4) is 0 Å². The zero-order valence-corrected chi connectivity index (χ0v) is 14.1. The van der Waals surface area contributed by atoms with Crippen LogP contribution in [0.4, 0.5) is 11.5 Å². The zero-order chi connectivity index (χ0) is 17.1. The third kappa shape index (κ3) is 3.63. The molecule has 3 heterocycles. The van der Waals surface area contributed by atoms with Crippen molar-refractivity contribution in [2.24, 2.45) is 0 Å². The lowest BCUT2D eigenvalue weighted by Crippen LogP contribution is -2.46. The van der Waals surface area contributed by atoms with Gasteiger partial charge in [0, 0.05) is 50.7 Å². The van der Waals surface area contributed by atoms with E-state index in [2.05, 4.69) is 14.9 Å². The van der Waals surface area contributed by atoms with Crippen molar-refractivity contribution in [1.29, 1.82) is 0 Å². The Hall–Kier alpha value is -2.25. The molecule has 24 heavy (non-hydrogen) atoms. The smallest absolute Gasteiger partial charge is 0.314 e. The summed E-state index contributed by atoms with van der Waals surface area (Å²) in [5, 5.41) is 12.0. The lowest BCUT2D eigenvalue weighted by Gasteiger charge is -2.35. The van der Waals surface area contributed by atoms with Crippen LogP contribution in [0.25, 0.3) is 0 Å². The van der Waals surface area contributed by atoms with Gasteiger partial charge < -0.3 is 4.90 Å². The van der Waals surface area contributed by atoms with Gasteiger partial charge in [-0.25, -0.2) is 4.98 Å². The number of hydrogen-bond acceptors (Lipinski definition) is 6. The van der Waals surface area contributed by atoms with Gasteiger partial charge >= 0.3 is 5.69 Å². The van der Waals surface area contributed by atoms with Crippen LogP contribution < -0.4 is 4.90 Å². The maximum Gasteiger partial charge on any atom is 0.314 e. The molecule has 0 unspecified atom stereocenters. The summed E-state index contributed by atoms with van der Waals surface area (Å²) in [6.45, 7) is 5.49. The molecule has 1 saturated heterocycles. The maximum absolute atomic E-state index is 11.3. The second-order valence-corrected chi connectivity index (χ2v) is 6.22. The summed E-state index contributed by atoms with van der Waals surface area (Å²) in [5.74, 6) is 0.462. The van der Waals surface area contributed by atoms with Crippen molar-refractivity contribution < 1.29 is 4.92 Å². The van der Waals surface area contributed by atoms with Gasteiger partial charge in [0.25, 0.3) is 0 Å². The summed E-state index contributed by atoms with van der Waals surface area (Å²) >= 11 is 5.85. The molecule has 1 fully saturated rings. The fourth-order valence-corrected chi connectivity index (χ4v) is 2.95. The standard InChI is InChI=1S/C16H18ClN5O2/c1-12-4-5-18-16(15(12)22(23)24)21-8-6-20(7-9-21)11-14-3-2-13(17)10-19-14/h2-5,10H,6-9,11H2,1H3. The molecule has 126 valence electrons. The summed E-state index contributed by atoms with van der Waals surface area (Å²) in [7, 11) is 0. The molecular weight excluding hydrogens is 330 g/mol. The molecule has 0 aliphatic carbocycles. The van der Waals surface area contributed by atoms with E-state index in [9.17, 15) is 10.1 Å². The van der Waals surface area contributed by atoms with E-state index < -0.39 is 0 Å². The predicted octanol–water partition coefficient (Wildman–Crippen LogP) is 2.67. The van der Waals surface area contributed by atoms with E-state index in [1.165, 1.54) is 0 Å². The number of halogens is 1. The van der Waals surface area contributed by atoms with E-state index in [1.54, 1.807) is 25.4 Å². The molecule has 1 aliphatic rings.